The van der Waals surface area contributed by atoms with Crippen molar-refractivity contribution in [1.29, 1.82) is 0 Å². The van der Waals surface area contributed by atoms with Gasteiger partial charge in [-0.25, -0.2) is 9.18 Å². The highest BCUT2D eigenvalue weighted by molar-refractivity contribution is 5.90. The summed E-state index contributed by atoms with van der Waals surface area (Å²) in [5.41, 5.74) is 0.221. The Morgan fingerprint density at radius 2 is 1.90 bits per heavy atom. The van der Waals surface area contributed by atoms with Crippen molar-refractivity contribution in [2.75, 3.05) is 13.1 Å². The highest BCUT2D eigenvalue weighted by Crippen LogP contribution is 2.26. The molecule has 1 saturated heterocycles. The van der Waals surface area contributed by atoms with Crippen molar-refractivity contribution in [3.8, 4) is 0 Å². The molecule has 0 saturated carbocycles. The van der Waals surface area contributed by atoms with E-state index in [2.05, 4.69) is 0 Å². The Labute approximate surface area is 123 Å². The number of Topliss-reactive ketones (excluding diaryl/α,β-unsaturated/α-hetero) is 1. The van der Waals surface area contributed by atoms with Crippen LogP contribution in [0.3, 0.4) is 0 Å². The van der Waals surface area contributed by atoms with Crippen molar-refractivity contribution in [1.82, 2.24) is 4.90 Å². The standard InChI is InChI=1S/C16H20FNO3/c1-16(2,3)21-15(20)18-9-8-13(14(19)10-18)11-4-6-12(17)7-5-11/h4-7,13H,8-10H2,1-3H3. The van der Waals surface area contributed by atoms with Crippen LogP contribution in [-0.2, 0) is 9.53 Å². The van der Waals surface area contributed by atoms with Gasteiger partial charge in [0, 0.05) is 12.5 Å². The molecule has 1 atom stereocenters. The van der Waals surface area contributed by atoms with E-state index >= 15 is 0 Å². The van der Waals surface area contributed by atoms with Gasteiger partial charge in [-0.1, -0.05) is 12.1 Å². The lowest BCUT2D eigenvalue weighted by Crippen LogP contribution is -2.45. The van der Waals surface area contributed by atoms with Gasteiger partial charge in [0.05, 0.1) is 6.54 Å². The van der Waals surface area contributed by atoms with Crippen molar-refractivity contribution in [2.45, 2.75) is 38.7 Å². The van der Waals surface area contributed by atoms with Crippen molar-refractivity contribution in [3.05, 3.63) is 35.6 Å². The molecule has 0 spiro atoms. The molecular formula is C16H20FNO3. The summed E-state index contributed by atoms with van der Waals surface area (Å²) in [4.78, 5) is 25.6. The molecule has 1 amide bonds. The van der Waals surface area contributed by atoms with Crippen LogP contribution in [0.5, 0.6) is 0 Å². The summed E-state index contributed by atoms with van der Waals surface area (Å²) in [6.07, 6.45) is 0.0670. The fourth-order valence-electron chi connectivity index (χ4n) is 2.35. The number of carbonyl (C=O) groups is 2. The number of benzene rings is 1. The zero-order valence-electron chi connectivity index (χ0n) is 12.6. The Kier molecular flexibility index (Phi) is 4.30. The maximum atomic E-state index is 12.9. The molecular weight excluding hydrogens is 273 g/mol. The maximum absolute atomic E-state index is 12.9. The molecule has 0 N–H and O–H groups in total. The van der Waals surface area contributed by atoms with Gasteiger partial charge in [-0.3, -0.25) is 4.79 Å². The Hall–Kier alpha value is -1.91. The van der Waals surface area contributed by atoms with Gasteiger partial charge in [-0.15, -0.1) is 0 Å². The minimum absolute atomic E-state index is 0.0386. The lowest BCUT2D eigenvalue weighted by atomic mass is 9.88. The molecule has 1 aliphatic heterocycles. The molecule has 0 bridgehead atoms. The van der Waals surface area contributed by atoms with Gasteiger partial charge in [-0.05, 0) is 44.9 Å². The van der Waals surface area contributed by atoms with Gasteiger partial charge < -0.3 is 9.64 Å². The highest BCUT2D eigenvalue weighted by Gasteiger charge is 2.32. The van der Waals surface area contributed by atoms with Gasteiger partial charge in [0.1, 0.15) is 11.4 Å². The van der Waals surface area contributed by atoms with Gasteiger partial charge in [-0.2, -0.15) is 0 Å². The zero-order valence-corrected chi connectivity index (χ0v) is 12.6. The first-order valence-electron chi connectivity index (χ1n) is 7.02. The minimum Gasteiger partial charge on any atom is -0.444 e. The molecule has 1 aliphatic rings. The number of rotatable bonds is 1. The number of ether oxygens (including phenoxy) is 1. The van der Waals surface area contributed by atoms with Crippen LogP contribution >= 0.6 is 0 Å². The summed E-state index contributed by atoms with van der Waals surface area (Å²) >= 11 is 0. The van der Waals surface area contributed by atoms with Gasteiger partial charge in [0.2, 0.25) is 0 Å². The quantitative estimate of drug-likeness (QED) is 0.799. The number of halogens is 1. The molecule has 1 heterocycles. The molecule has 0 aliphatic carbocycles. The molecule has 0 radical (unpaired) electrons. The number of nitrogens with zero attached hydrogens (tertiary/aromatic N) is 1. The van der Waals surface area contributed by atoms with E-state index in [4.69, 9.17) is 4.74 Å². The van der Waals surface area contributed by atoms with Crippen molar-refractivity contribution >= 4 is 11.9 Å². The van der Waals surface area contributed by atoms with E-state index < -0.39 is 11.7 Å². The van der Waals surface area contributed by atoms with E-state index in [0.29, 0.717) is 13.0 Å². The average molecular weight is 293 g/mol. The van der Waals surface area contributed by atoms with Gasteiger partial charge in [0.25, 0.3) is 0 Å². The van der Waals surface area contributed by atoms with Gasteiger partial charge >= 0.3 is 6.09 Å². The number of hydrogen-bond donors (Lipinski definition) is 0. The summed E-state index contributed by atoms with van der Waals surface area (Å²) < 4.78 is 18.2. The Bertz CT molecular complexity index is 533. The molecule has 2 rings (SSSR count). The summed E-state index contributed by atoms with van der Waals surface area (Å²) in [5, 5.41) is 0. The summed E-state index contributed by atoms with van der Waals surface area (Å²) in [6.45, 7) is 5.87. The van der Waals surface area contributed by atoms with Crippen molar-refractivity contribution < 1.29 is 18.7 Å². The van der Waals surface area contributed by atoms with Crippen LogP contribution in [0.2, 0.25) is 0 Å². The number of likely N-dealkylation sites (tertiary alicyclic amines) is 1. The van der Waals surface area contributed by atoms with E-state index in [1.165, 1.54) is 17.0 Å². The van der Waals surface area contributed by atoms with Crippen LogP contribution in [0.15, 0.2) is 24.3 Å². The number of hydrogen-bond acceptors (Lipinski definition) is 3. The second-order valence-corrected chi connectivity index (χ2v) is 6.26. The van der Waals surface area contributed by atoms with Crippen LogP contribution in [0.25, 0.3) is 0 Å². The largest absolute Gasteiger partial charge is 0.444 e. The number of carbonyl (C=O) groups excluding carboxylic acids is 2. The van der Waals surface area contributed by atoms with E-state index in [0.717, 1.165) is 5.56 Å². The van der Waals surface area contributed by atoms with Gasteiger partial charge in [0.15, 0.2) is 5.78 Å². The first kappa shape index (κ1) is 15.5. The van der Waals surface area contributed by atoms with E-state index in [9.17, 15) is 14.0 Å². The minimum atomic E-state index is -0.575. The van der Waals surface area contributed by atoms with E-state index in [1.807, 2.05) is 0 Å². The fraction of sp³-hybridized carbons (Fsp3) is 0.500. The summed E-state index contributed by atoms with van der Waals surface area (Å²) in [5.74, 6) is -0.639. The molecule has 0 aromatic heterocycles. The summed E-state index contributed by atoms with van der Waals surface area (Å²) in [6, 6.07) is 5.95. The van der Waals surface area contributed by atoms with Crippen LogP contribution in [0.1, 0.15) is 38.7 Å². The molecule has 114 valence electrons. The lowest BCUT2D eigenvalue weighted by Gasteiger charge is -2.32. The fourth-order valence-corrected chi connectivity index (χ4v) is 2.35. The predicted octanol–water partition coefficient (Wildman–Crippen LogP) is 3.12. The third kappa shape index (κ3) is 4.03. The molecule has 4 nitrogen and oxygen atoms in total. The van der Waals surface area contributed by atoms with Crippen LogP contribution in [0.4, 0.5) is 9.18 Å². The Morgan fingerprint density at radius 3 is 2.43 bits per heavy atom. The second-order valence-electron chi connectivity index (χ2n) is 6.26. The Morgan fingerprint density at radius 1 is 1.29 bits per heavy atom. The highest BCUT2D eigenvalue weighted by atomic mass is 19.1. The van der Waals surface area contributed by atoms with Crippen LogP contribution < -0.4 is 0 Å². The van der Waals surface area contributed by atoms with E-state index in [-0.39, 0.29) is 24.1 Å². The zero-order chi connectivity index (χ0) is 15.6. The molecule has 21 heavy (non-hydrogen) atoms. The molecule has 1 aromatic carbocycles. The normalized spacial score (nSPS) is 19.5. The first-order valence-corrected chi connectivity index (χ1v) is 7.02. The topological polar surface area (TPSA) is 46.6 Å². The predicted molar refractivity (Wildman–Crippen MR) is 76.6 cm³/mol. The van der Waals surface area contributed by atoms with Crippen LogP contribution in [-0.4, -0.2) is 35.5 Å². The van der Waals surface area contributed by atoms with Crippen LogP contribution in [0, 0.1) is 5.82 Å². The molecule has 1 aromatic rings. The third-order valence-corrected chi connectivity index (χ3v) is 3.35. The smallest absolute Gasteiger partial charge is 0.410 e. The van der Waals surface area contributed by atoms with E-state index in [1.54, 1.807) is 32.9 Å². The third-order valence-electron chi connectivity index (χ3n) is 3.35. The summed E-state index contributed by atoms with van der Waals surface area (Å²) in [7, 11) is 0. The SMILES string of the molecule is CC(C)(C)OC(=O)N1CCC(c2ccc(F)cc2)C(=O)C1. The maximum Gasteiger partial charge on any atom is 0.410 e. The first-order chi connectivity index (χ1) is 9.76. The number of piperidine rings is 1. The van der Waals surface area contributed by atoms with Crippen molar-refractivity contribution in [2.24, 2.45) is 0 Å². The lowest BCUT2D eigenvalue weighted by molar-refractivity contribution is -0.123. The average Bonchev–Trinajstić information content (AvgIpc) is 2.38. The second kappa shape index (κ2) is 5.84. The monoisotopic (exact) mass is 293 g/mol. The number of amides is 1. The number of ketones is 1. The molecule has 1 unspecified atom stereocenters. The van der Waals surface area contributed by atoms with Crippen molar-refractivity contribution in [3.63, 3.8) is 0 Å². The molecule has 5 heteroatoms. The Balaban J connectivity index is 2.01. The molecule has 1 fully saturated rings.